The molecule has 0 bridgehead atoms. The fourth-order valence-electron chi connectivity index (χ4n) is 3.38. The molecule has 0 aliphatic rings. The van der Waals surface area contributed by atoms with E-state index in [1.807, 2.05) is 0 Å². The van der Waals surface area contributed by atoms with E-state index in [2.05, 4.69) is 29.0 Å². The highest BCUT2D eigenvalue weighted by Gasteiger charge is 2.23. The Balaban J connectivity index is 2.26. The maximum Gasteiger partial charge on any atom is 0.256 e. The summed E-state index contributed by atoms with van der Waals surface area (Å²) in [5.74, 6) is -0.463. The smallest absolute Gasteiger partial charge is 0.256 e. The van der Waals surface area contributed by atoms with Crippen LogP contribution in [0.2, 0.25) is 0 Å². The number of hydrogen-bond acceptors (Lipinski definition) is 5. The van der Waals surface area contributed by atoms with E-state index in [0.717, 1.165) is 26.1 Å². The Labute approximate surface area is 178 Å². The number of benzene rings is 1. The average molecular weight is 437 g/mol. The SMILES string of the molecule is CCN(CC)CCCNC(=O)c1c[nH]c2ccc(S(=O)(=O)N(CC)CC)cc2c1=O. The molecule has 0 aliphatic carbocycles. The van der Waals surface area contributed by atoms with Gasteiger partial charge in [0.25, 0.3) is 5.91 Å². The van der Waals surface area contributed by atoms with E-state index < -0.39 is 21.4 Å². The summed E-state index contributed by atoms with van der Waals surface area (Å²) in [6.45, 7) is 11.6. The van der Waals surface area contributed by atoms with Crippen molar-refractivity contribution in [2.24, 2.45) is 0 Å². The number of pyridine rings is 1. The van der Waals surface area contributed by atoms with E-state index in [-0.39, 0.29) is 15.8 Å². The highest BCUT2D eigenvalue weighted by atomic mass is 32.2. The second-order valence-corrected chi connectivity index (χ2v) is 8.90. The fourth-order valence-corrected chi connectivity index (χ4v) is 4.86. The van der Waals surface area contributed by atoms with Crippen LogP contribution in [0.15, 0.2) is 34.1 Å². The number of carbonyl (C=O) groups excluding carboxylic acids is 1. The number of fused-ring (bicyclic) bond motifs is 1. The lowest BCUT2D eigenvalue weighted by atomic mass is 10.1. The molecule has 0 unspecified atom stereocenters. The number of aromatic nitrogens is 1. The van der Waals surface area contributed by atoms with E-state index in [1.54, 1.807) is 19.9 Å². The van der Waals surface area contributed by atoms with Crippen molar-refractivity contribution in [1.82, 2.24) is 19.5 Å². The third kappa shape index (κ3) is 5.27. The molecule has 2 N–H and O–H groups in total. The minimum Gasteiger partial charge on any atom is -0.360 e. The van der Waals surface area contributed by atoms with Gasteiger partial charge in [0.15, 0.2) is 0 Å². The number of sulfonamides is 1. The number of rotatable bonds is 11. The molecule has 0 atom stereocenters. The molecule has 0 radical (unpaired) electrons. The van der Waals surface area contributed by atoms with Gasteiger partial charge in [0.2, 0.25) is 15.5 Å². The number of hydrogen-bond donors (Lipinski definition) is 2. The Bertz CT molecular complexity index is 1020. The van der Waals surface area contributed by atoms with E-state index in [0.29, 0.717) is 25.2 Å². The van der Waals surface area contributed by atoms with E-state index in [1.165, 1.54) is 22.6 Å². The molecule has 166 valence electrons. The Morgan fingerprint density at radius 2 is 1.73 bits per heavy atom. The quantitative estimate of drug-likeness (QED) is 0.525. The minimum absolute atomic E-state index is 0.0253. The highest BCUT2D eigenvalue weighted by Crippen LogP contribution is 2.19. The Morgan fingerprint density at radius 3 is 2.33 bits per heavy atom. The highest BCUT2D eigenvalue weighted by molar-refractivity contribution is 7.89. The number of nitrogens with zero attached hydrogens (tertiary/aromatic N) is 2. The molecule has 30 heavy (non-hydrogen) atoms. The first kappa shape index (κ1) is 24.0. The lowest BCUT2D eigenvalue weighted by molar-refractivity contribution is 0.0950. The molecule has 9 heteroatoms. The normalized spacial score (nSPS) is 12.1. The van der Waals surface area contributed by atoms with Crippen molar-refractivity contribution in [3.8, 4) is 0 Å². The number of amides is 1. The van der Waals surface area contributed by atoms with Crippen LogP contribution in [0.3, 0.4) is 0 Å². The van der Waals surface area contributed by atoms with Crippen molar-refractivity contribution < 1.29 is 13.2 Å². The molecule has 0 saturated heterocycles. The van der Waals surface area contributed by atoms with Crippen LogP contribution in [0.25, 0.3) is 10.9 Å². The standard InChI is InChI=1S/C21H32N4O4S/c1-5-24(6-2)13-9-12-22-21(27)18-15-23-19-11-10-16(14-17(19)20(18)26)30(28,29)25(7-3)8-4/h10-11,14-15H,5-9,12-13H2,1-4H3,(H,22,27)(H,23,26). The molecule has 0 fully saturated rings. The molecule has 0 saturated carbocycles. The second-order valence-electron chi connectivity index (χ2n) is 6.96. The van der Waals surface area contributed by atoms with Gasteiger partial charge in [-0.05, 0) is 44.3 Å². The van der Waals surface area contributed by atoms with Crippen LogP contribution in [-0.4, -0.2) is 67.8 Å². The van der Waals surface area contributed by atoms with Crippen LogP contribution in [0, 0.1) is 0 Å². The summed E-state index contributed by atoms with van der Waals surface area (Å²) >= 11 is 0. The topological polar surface area (TPSA) is 103 Å². The van der Waals surface area contributed by atoms with Gasteiger partial charge in [-0.25, -0.2) is 8.42 Å². The van der Waals surface area contributed by atoms with Gasteiger partial charge in [-0.1, -0.05) is 27.7 Å². The van der Waals surface area contributed by atoms with Crippen molar-refractivity contribution in [2.45, 2.75) is 39.0 Å². The Morgan fingerprint density at radius 1 is 1.07 bits per heavy atom. The zero-order valence-electron chi connectivity index (χ0n) is 18.2. The van der Waals surface area contributed by atoms with Crippen molar-refractivity contribution in [3.63, 3.8) is 0 Å². The third-order valence-corrected chi connectivity index (χ3v) is 7.32. The van der Waals surface area contributed by atoms with Crippen LogP contribution in [0.1, 0.15) is 44.5 Å². The first-order valence-corrected chi connectivity index (χ1v) is 11.9. The Hall–Kier alpha value is -2.23. The molecule has 1 amide bonds. The molecular formula is C21H32N4O4S. The molecule has 1 aromatic heterocycles. The van der Waals surface area contributed by atoms with Crippen LogP contribution in [-0.2, 0) is 10.0 Å². The maximum absolute atomic E-state index is 12.9. The largest absolute Gasteiger partial charge is 0.360 e. The molecule has 0 spiro atoms. The fraction of sp³-hybridized carbons (Fsp3) is 0.524. The molecule has 2 aromatic rings. The first-order chi connectivity index (χ1) is 14.3. The Kier molecular flexibility index (Phi) is 8.57. The summed E-state index contributed by atoms with van der Waals surface area (Å²) < 4.78 is 26.9. The van der Waals surface area contributed by atoms with Gasteiger partial charge in [-0.3, -0.25) is 9.59 Å². The van der Waals surface area contributed by atoms with E-state index in [9.17, 15) is 18.0 Å². The predicted octanol–water partition coefficient (Wildman–Crippen LogP) is 2.02. The monoisotopic (exact) mass is 436 g/mol. The number of H-pyrrole nitrogens is 1. The van der Waals surface area contributed by atoms with Gasteiger partial charge >= 0.3 is 0 Å². The zero-order chi connectivity index (χ0) is 22.3. The van der Waals surface area contributed by atoms with Gasteiger partial charge in [0.1, 0.15) is 5.56 Å². The molecule has 1 aromatic carbocycles. The summed E-state index contributed by atoms with van der Waals surface area (Å²) in [5, 5.41) is 2.96. The van der Waals surface area contributed by atoms with Crippen molar-refractivity contribution in [3.05, 3.63) is 40.2 Å². The average Bonchev–Trinajstić information content (AvgIpc) is 2.74. The van der Waals surface area contributed by atoms with E-state index >= 15 is 0 Å². The van der Waals surface area contributed by atoms with E-state index in [4.69, 9.17) is 0 Å². The number of aromatic amines is 1. The summed E-state index contributed by atoms with van der Waals surface area (Å²) in [4.78, 5) is 30.6. The van der Waals surface area contributed by atoms with Crippen molar-refractivity contribution in [1.29, 1.82) is 0 Å². The summed E-state index contributed by atoms with van der Waals surface area (Å²) in [6.07, 6.45) is 2.16. The maximum atomic E-state index is 12.9. The minimum atomic E-state index is -3.70. The third-order valence-electron chi connectivity index (χ3n) is 5.27. The lowest BCUT2D eigenvalue weighted by Gasteiger charge is -2.18. The van der Waals surface area contributed by atoms with Crippen molar-refractivity contribution >= 4 is 26.8 Å². The predicted molar refractivity (Wildman–Crippen MR) is 119 cm³/mol. The summed E-state index contributed by atoms with van der Waals surface area (Å²) in [6, 6.07) is 4.37. The van der Waals surface area contributed by atoms with Gasteiger partial charge in [0, 0.05) is 36.7 Å². The summed E-state index contributed by atoms with van der Waals surface area (Å²) in [7, 11) is -3.70. The van der Waals surface area contributed by atoms with Crippen LogP contribution >= 0.6 is 0 Å². The lowest BCUT2D eigenvalue weighted by Crippen LogP contribution is -2.32. The van der Waals surface area contributed by atoms with Gasteiger partial charge in [0.05, 0.1) is 4.90 Å². The molecule has 8 nitrogen and oxygen atoms in total. The van der Waals surface area contributed by atoms with Crippen LogP contribution in [0.4, 0.5) is 0 Å². The molecule has 2 rings (SSSR count). The molecule has 1 heterocycles. The summed E-state index contributed by atoms with van der Waals surface area (Å²) in [5.41, 5.74) is -0.0269. The van der Waals surface area contributed by atoms with Crippen molar-refractivity contribution in [2.75, 3.05) is 39.3 Å². The zero-order valence-corrected chi connectivity index (χ0v) is 19.0. The second kappa shape index (κ2) is 10.7. The van der Waals surface area contributed by atoms with Gasteiger partial charge in [-0.2, -0.15) is 4.31 Å². The molecule has 0 aliphatic heterocycles. The van der Waals surface area contributed by atoms with Crippen LogP contribution in [0.5, 0.6) is 0 Å². The first-order valence-electron chi connectivity index (χ1n) is 10.5. The number of nitrogens with one attached hydrogen (secondary N) is 2. The van der Waals surface area contributed by atoms with Crippen LogP contribution < -0.4 is 10.7 Å². The number of carbonyl (C=O) groups is 1. The van der Waals surface area contributed by atoms with Gasteiger partial charge in [-0.15, -0.1) is 0 Å². The van der Waals surface area contributed by atoms with Gasteiger partial charge < -0.3 is 15.2 Å². The molecular weight excluding hydrogens is 404 g/mol.